The number of fused-ring (bicyclic) bond motifs is 1. The molecule has 0 saturated carbocycles. The molecule has 2 aromatic carbocycles. The van der Waals surface area contributed by atoms with E-state index < -0.39 is 4.92 Å². The minimum absolute atomic E-state index is 0. The zero-order valence-electron chi connectivity index (χ0n) is 18.7. The van der Waals surface area contributed by atoms with Gasteiger partial charge in [-0.05, 0) is 57.4 Å². The number of benzene rings is 2. The normalized spacial score (nSPS) is 10.8. The topological polar surface area (TPSA) is 88.8 Å². The number of nitro groups is 1. The molecule has 3 aromatic rings. The van der Waals surface area contributed by atoms with Crippen molar-refractivity contribution in [2.24, 2.45) is 0 Å². The second kappa shape index (κ2) is 12.7. The number of hydrogen-bond acceptors (Lipinski definition) is 8. The third kappa shape index (κ3) is 7.56. The number of anilines is 1. The highest BCUT2D eigenvalue weighted by atomic mass is 35.5. The van der Waals surface area contributed by atoms with Crippen molar-refractivity contribution in [2.75, 3.05) is 44.9 Å². The van der Waals surface area contributed by atoms with Crippen molar-refractivity contribution < 1.29 is 14.5 Å². The number of non-ortho nitro benzene ring substituents is 1. The van der Waals surface area contributed by atoms with E-state index >= 15 is 0 Å². The Kier molecular flexibility index (Phi) is 10.4. The second-order valence-electron chi connectivity index (χ2n) is 7.38. The number of thiazole rings is 1. The molecule has 3 rings (SSSR count). The Morgan fingerprint density at radius 3 is 2.55 bits per heavy atom. The molecular weight excluding hydrogens is 484 g/mol. The minimum Gasteiger partial charge on any atom is -0.497 e. The first kappa shape index (κ1) is 26.8. The fraction of sp³-hybridized carbons (Fsp3) is 0.364. The third-order valence-electron chi connectivity index (χ3n) is 4.73. The fourth-order valence-corrected chi connectivity index (χ4v) is 4.95. The van der Waals surface area contributed by atoms with Gasteiger partial charge in [0.25, 0.3) is 5.69 Å². The van der Waals surface area contributed by atoms with Crippen LogP contribution in [0.15, 0.2) is 47.4 Å². The maximum atomic E-state index is 13.1. The lowest BCUT2D eigenvalue weighted by Crippen LogP contribution is -2.33. The van der Waals surface area contributed by atoms with Gasteiger partial charge in [-0.25, -0.2) is 4.98 Å². The van der Waals surface area contributed by atoms with Crippen molar-refractivity contribution >= 4 is 62.4 Å². The predicted molar refractivity (Wildman–Crippen MR) is 137 cm³/mol. The maximum absolute atomic E-state index is 13.1. The molecule has 0 aliphatic heterocycles. The van der Waals surface area contributed by atoms with E-state index in [2.05, 4.69) is 9.88 Å². The molecule has 0 radical (unpaired) electrons. The van der Waals surface area contributed by atoms with Crippen molar-refractivity contribution in [3.8, 4) is 5.75 Å². The highest BCUT2D eigenvalue weighted by Crippen LogP contribution is 2.32. The lowest BCUT2D eigenvalue weighted by Gasteiger charge is -2.21. The smallest absolute Gasteiger partial charge is 0.270 e. The maximum Gasteiger partial charge on any atom is 0.270 e. The monoisotopic (exact) mass is 510 g/mol. The zero-order chi connectivity index (χ0) is 23.1. The van der Waals surface area contributed by atoms with Crippen LogP contribution in [0.2, 0.25) is 0 Å². The van der Waals surface area contributed by atoms with Crippen LogP contribution in [-0.2, 0) is 4.79 Å². The summed E-state index contributed by atoms with van der Waals surface area (Å²) >= 11 is 2.93. The first-order valence-corrected chi connectivity index (χ1v) is 11.9. The van der Waals surface area contributed by atoms with Crippen LogP contribution in [0, 0.1) is 10.1 Å². The Morgan fingerprint density at radius 2 is 1.91 bits per heavy atom. The molecular formula is C22H27ClN4O4S2. The van der Waals surface area contributed by atoms with Crippen molar-refractivity contribution in [3.63, 3.8) is 0 Å². The molecule has 11 heteroatoms. The number of carbonyl (C=O) groups excluding carboxylic acids is 1. The molecule has 1 aromatic heterocycles. The molecule has 0 spiro atoms. The molecule has 1 amide bonds. The van der Waals surface area contributed by atoms with Crippen LogP contribution in [0.1, 0.15) is 12.8 Å². The van der Waals surface area contributed by atoms with Gasteiger partial charge in [0, 0.05) is 35.7 Å². The van der Waals surface area contributed by atoms with E-state index in [1.165, 1.54) is 23.5 Å². The van der Waals surface area contributed by atoms with E-state index in [-0.39, 0.29) is 24.0 Å². The number of methoxy groups -OCH3 is 1. The van der Waals surface area contributed by atoms with Crippen molar-refractivity contribution in [3.05, 3.63) is 52.6 Å². The molecule has 0 aliphatic rings. The fourth-order valence-electron chi connectivity index (χ4n) is 3.07. The molecule has 0 aliphatic carbocycles. The largest absolute Gasteiger partial charge is 0.497 e. The van der Waals surface area contributed by atoms with E-state index in [9.17, 15) is 14.9 Å². The Labute approximate surface area is 207 Å². The Bertz CT molecular complexity index is 1080. The predicted octanol–water partition coefficient (Wildman–Crippen LogP) is 5.10. The van der Waals surface area contributed by atoms with Gasteiger partial charge in [0.15, 0.2) is 5.13 Å². The summed E-state index contributed by atoms with van der Waals surface area (Å²) in [4.78, 5) is 33.2. The summed E-state index contributed by atoms with van der Waals surface area (Å²) < 4.78 is 5.88. The van der Waals surface area contributed by atoms with Gasteiger partial charge in [-0.15, -0.1) is 24.2 Å². The van der Waals surface area contributed by atoms with E-state index in [1.807, 2.05) is 38.4 Å². The number of rotatable bonds is 11. The molecule has 33 heavy (non-hydrogen) atoms. The van der Waals surface area contributed by atoms with Crippen LogP contribution < -0.4 is 9.64 Å². The number of hydrogen-bond donors (Lipinski definition) is 0. The minimum atomic E-state index is -0.421. The number of carbonyl (C=O) groups is 1. The van der Waals surface area contributed by atoms with Crippen LogP contribution in [0.5, 0.6) is 5.75 Å². The van der Waals surface area contributed by atoms with Crippen LogP contribution in [0.25, 0.3) is 10.2 Å². The van der Waals surface area contributed by atoms with Crippen LogP contribution in [0.3, 0.4) is 0 Å². The number of ether oxygens (including phenoxy) is 1. The second-order valence-corrected chi connectivity index (χ2v) is 9.56. The Balaban J connectivity index is 0.00000385. The summed E-state index contributed by atoms with van der Waals surface area (Å²) in [5.41, 5.74) is 0.683. The summed E-state index contributed by atoms with van der Waals surface area (Å²) in [7, 11) is 5.62. The first-order chi connectivity index (χ1) is 15.4. The van der Waals surface area contributed by atoms with Crippen molar-refractivity contribution in [1.29, 1.82) is 0 Å². The molecule has 1 heterocycles. The highest BCUT2D eigenvalue weighted by molar-refractivity contribution is 7.99. The van der Waals surface area contributed by atoms with Gasteiger partial charge in [-0.3, -0.25) is 19.8 Å². The number of amides is 1. The Morgan fingerprint density at radius 1 is 1.18 bits per heavy atom. The first-order valence-electron chi connectivity index (χ1n) is 10.1. The van der Waals surface area contributed by atoms with E-state index in [4.69, 9.17) is 4.74 Å². The van der Waals surface area contributed by atoms with E-state index in [0.29, 0.717) is 34.1 Å². The SMILES string of the molecule is COc1ccc(SCCC(=O)N(CCCN(C)C)c2nc3ccc([N+](=O)[O-])cc3s2)cc1.Cl. The number of nitro benzene ring substituents is 1. The van der Waals surface area contributed by atoms with Gasteiger partial charge in [0.2, 0.25) is 5.91 Å². The van der Waals surface area contributed by atoms with Crippen molar-refractivity contribution in [1.82, 2.24) is 9.88 Å². The summed E-state index contributed by atoms with van der Waals surface area (Å²) in [5.74, 6) is 1.44. The van der Waals surface area contributed by atoms with Crippen molar-refractivity contribution in [2.45, 2.75) is 17.7 Å². The van der Waals surface area contributed by atoms with E-state index in [0.717, 1.165) is 23.6 Å². The van der Waals surface area contributed by atoms with Crippen LogP contribution >= 0.6 is 35.5 Å². The van der Waals surface area contributed by atoms with Crippen LogP contribution in [0.4, 0.5) is 10.8 Å². The number of aromatic nitrogens is 1. The third-order valence-corrected chi connectivity index (χ3v) is 6.79. The van der Waals surface area contributed by atoms with Crippen LogP contribution in [-0.4, -0.2) is 60.8 Å². The van der Waals surface area contributed by atoms with Gasteiger partial charge < -0.3 is 9.64 Å². The standard InChI is InChI=1S/C22H26N4O4S2.ClH/c1-24(2)12-4-13-25(21(27)11-14-31-18-8-6-17(30-3)7-9-18)22-23-19-10-5-16(26(28)29)15-20(19)32-22;/h5-10,15H,4,11-14H2,1-3H3;1H. The molecule has 0 fully saturated rings. The summed E-state index contributed by atoms with van der Waals surface area (Å²) in [6.07, 6.45) is 1.18. The average molecular weight is 511 g/mol. The zero-order valence-corrected chi connectivity index (χ0v) is 21.2. The molecule has 178 valence electrons. The van der Waals surface area contributed by atoms with E-state index in [1.54, 1.807) is 29.8 Å². The number of nitrogens with zero attached hydrogens (tertiary/aromatic N) is 4. The number of halogens is 1. The van der Waals surface area contributed by atoms with Gasteiger partial charge in [0.1, 0.15) is 5.75 Å². The molecule has 0 bridgehead atoms. The lowest BCUT2D eigenvalue weighted by atomic mass is 10.3. The van der Waals surface area contributed by atoms with Gasteiger partial charge in [-0.2, -0.15) is 0 Å². The molecule has 0 N–H and O–H groups in total. The number of thioether (sulfide) groups is 1. The van der Waals surface area contributed by atoms with Gasteiger partial charge >= 0.3 is 0 Å². The average Bonchev–Trinajstić information content (AvgIpc) is 3.19. The molecule has 0 unspecified atom stereocenters. The van der Waals surface area contributed by atoms with Gasteiger partial charge in [0.05, 0.1) is 22.2 Å². The summed E-state index contributed by atoms with van der Waals surface area (Å²) in [5, 5.41) is 11.7. The summed E-state index contributed by atoms with van der Waals surface area (Å²) in [6.45, 7) is 1.40. The molecule has 0 saturated heterocycles. The molecule has 8 nitrogen and oxygen atoms in total. The quantitative estimate of drug-likeness (QED) is 0.201. The highest BCUT2D eigenvalue weighted by Gasteiger charge is 2.20. The van der Waals surface area contributed by atoms with Gasteiger partial charge in [-0.1, -0.05) is 11.3 Å². The lowest BCUT2D eigenvalue weighted by molar-refractivity contribution is -0.384. The Hall–Kier alpha value is -2.40. The molecule has 0 atom stereocenters. The summed E-state index contributed by atoms with van der Waals surface area (Å²) in [6, 6.07) is 12.3.